The number of hydrogen-bond donors (Lipinski definition) is 1. The van der Waals surface area contributed by atoms with Crippen LogP contribution in [0, 0.1) is 9.49 Å². The van der Waals surface area contributed by atoms with Crippen LogP contribution in [0.5, 0.6) is 0 Å². The van der Waals surface area contributed by atoms with Crippen molar-refractivity contribution in [3.8, 4) is 0 Å². The van der Waals surface area contributed by atoms with Gasteiger partial charge in [0.05, 0.1) is 0 Å². The van der Waals surface area contributed by atoms with Gasteiger partial charge in [-0.2, -0.15) is 0 Å². The predicted molar refractivity (Wildman–Crippen MR) is 86.9 cm³/mol. The minimum atomic E-state index is 0.733. The molecule has 1 aliphatic carbocycles. The van der Waals surface area contributed by atoms with Crippen molar-refractivity contribution in [2.45, 2.75) is 51.5 Å². The zero-order valence-electron chi connectivity index (χ0n) is 11.3. The summed E-state index contributed by atoms with van der Waals surface area (Å²) in [6.45, 7) is 3.33. The molecule has 100 valence electrons. The Hall–Kier alpha value is -0.0900. The van der Waals surface area contributed by atoms with E-state index in [0.29, 0.717) is 0 Å². The van der Waals surface area contributed by atoms with Crippen LogP contribution in [-0.2, 0) is 6.42 Å². The first-order valence-corrected chi connectivity index (χ1v) is 8.35. The third kappa shape index (κ3) is 4.23. The summed E-state index contributed by atoms with van der Waals surface area (Å²) in [6, 6.07) is 9.72. The molecular weight excluding hydrogens is 333 g/mol. The monoisotopic (exact) mass is 357 g/mol. The molecule has 1 aliphatic rings. The highest BCUT2D eigenvalue weighted by molar-refractivity contribution is 14.1. The Labute approximate surface area is 125 Å². The molecule has 1 fully saturated rings. The molecule has 1 saturated carbocycles. The second kappa shape index (κ2) is 7.49. The SMILES string of the molecule is CCNC(CCc1ccc(I)cc1)C1CCCC1. The first-order chi connectivity index (χ1) is 8.79. The van der Waals surface area contributed by atoms with Crippen LogP contribution < -0.4 is 5.32 Å². The molecule has 2 heteroatoms. The molecule has 1 atom stereocenters. The van der Waals surface area contributed by atoms with E-state index in [-0.39, 0.29) is 0 Å². The van der Waals surface area contributed by atoms with Crippen molar-refractivity contribution in [3.63, 3.8) is 0 Å². The van der Waals surface area contributed by atoms with E-state index in [2.05, 4.69) is 59.1 Å². The Morgan fingerprint density at radius 2 is 1.89 bits per heavy atom. The topological polar surface area (TPSA) is 12.0 Å². The Bertz CT molecular complexity index is 341. The van der Waals surface area contributed by atoms with Crippen LogP contribution in [0.2, 0.25) is 0 Å². The smallest absolute Gasteiger partial charge is 0.0130 e. The number of nitrogens with one attached hydrogen (secondary N) is 1. The minimum absolute atomic E-state index is 0.733. The Morgan fingerprint density at radius 3 is 2.50 bits per heavy atom. The summed E-state index contributed by atoms with van der Waals surface area (Å²) in [6.07, 6.45) is 8.26. The third-order valence-corrected chi connectivity index (χ3v) is 4.81. The summed E-state index contributed by atoms with van der Waals surface area (Å²) in [5, 5.41) is 3.70. The molecule has 0 aliphatic heterocycles. The van der Waals surface area contributed by atoms with Crippen molar-refractivity contribution in [2.75, 3.05) is 6.54 Å². The molecule has 0 amide bonds. The molecule has 2 rings (SSSR count). The van der Waals surface area contributed by atoms with Gasteiger partial charge in [-0.25, -0.2) is 0 Å². The van der Waals surface area contributed by atoms with E-state index in [0.717, 1.165) is 18.5 Å². The highest BCUT2D eigenvalue weighted by Crippen LogP contribution is 2.29. The average Bonchev–Trinajstić information content (AvgIpc) is 2.90. The first kappa shape index (κ1) is 14.3. The summed E-state index contributed by atoms with van der Waals surface area (Å²) in [5.41, 5.74) is 1.48. The van der Waals surface area contributed by atoms with Crippen molar-refractivity contribution >= 4 is 22.6 Å². The zero-order chi connectivity index (χ0) is 12.8. The van der Waals surface area contributed by atoms with Gasteiger partial charge in [0.15, 0.2) is 0 Å². The van der Waals surface area contributed by atoms with Gasteiger partial charge in [0, 0.05) is 9.61 Å². The standard InChI is InChI=1S/C16H24IN/c1-2-18-16(14-5-3-4-6-14)12-9-13-7-10-15(17)11-8-13/h7-8,10-11,14,16,18H,2-6,9,12H2,1H3. The fraction of sp³-hybridized carbons (Fsp3) is 0.625. The average molecular weight is 357 g/mol. The van der Waals surface area contributed by atoms with Crippen LogP contribution in [0.1, 0.15) is 44.6 Å². The van der Waals surface area contributed by atoms with Gasteiger partial charge in [0.1, 0.15) is 0 Å². The predicted octanol–water partition coefficient (Wildman–Crippen LogP) is 4.39. The summed E-state index contributed by atoms with van der Waals surface area (Å²) >= 11 is 2.37. The maximum absolute atomic E-state index is 3.70. The van der Waals surface area contributed by atoms with Gasteiger partial charge in [0.2, 0.25) is 0 Å². The Balaban J connectivity index is 1.86. The number of benzene rings is 1. The molecule has 1 nitrogen and oxygen atoms in total. The maximum atomic E-state index is 3.70. The molecule has 0 radical (unpaired) electrons. The zero-order valence-corrected chi connectivity index (χ0v) is 13.4. The lowest BCUT2D eigenvalue weighted by molar-refractivity contribution is 0.346. The number of aryl methyl sites for hydroxylation is 1. The first-order valence-electron chi connectivity index (χ1n) is 7.27. The van der Waals surface area contributed by atoms with E-state index >= 15 is 0 Å². The maximum Gasteiger partial charge on any atom is 0.0130 e. The fourth-order valence-electron chi connectivity index (χ4n) is 3.10. The molecule has 18 heavy (non-hydrogen) atoms. The normalized spacial score (nSPS) is 18.1. The van der Waals surface area contributed by atoms with Gasteiger partial charge in [-0.15, -0.1) is 0 Å². The molecule has 0 saturated heterocycles. The second-order valence-corrected chi connectivity index (χ2v) is 6.62. The highest BCUT2D eigenvalue weighted by Gasteiger charge is 2.23. The van der Waals surface area contributed by atoms with Gasteiger partial charge in [0.25, 0.3) is 0 Å². The lowest BCUT2D eigenvalue weighted by Gasteiger charge is -2.24. The lowest BCUT2D eigenvalue weighted by atomic mass is 9.92. The van der Waals surface area contributed by atoms with Crippen LogP contribution in [0.25, 0.3) is 0 Å². The molecule has 1 N–H and O–H groups in total. The minimum Gasteiger partial charge on any atom is -0.314 e. The summed E-state index contributed by atoms with van der Waals surface area (Å²) in [4.78, 5) is 0. The fourth-order valence-corrected chi connectivity index (χ4v) is 3.46. The van der Waals surface area contributed by atoms with Crippen molar-refractivity contribution in [1.29, 1.82) is 0 Å². The van der Waals surface area contributed by atoms with E-state index in [9.17, 15) is 0 Å². The van der Waals surface area contributed by atoms with Gasteiger partial charge in [-0.05, 0) is 78.4 Å². The molecule has 0 spiro atoms. The van der Waals surface area contributed by atoms with E-state index < -0.39 is 0 Å². The largest absolute Gasteiger partial charge is 0.314 e. The Kier molecular flexibility index (Phi) is 5.96. The van der Waals surface area contributed by atoms with Crippen LogP contribution in [0.15, 0.2) is 24.3 Å². The van der Waals surface area contributed by atoms with Crippen molar-refractivity contribution in [3.05, 3.63) is 33.4 Å². The summed E-state index contributed by atoms with van der Waals surface area (Å²) in [7, 11) is 0. The van der Waals surface area contributed by atoms with Gasteiger partial charge < -0.3 is 5.32 Å². The van der Waals surface area contributed by atoms with E-state index in [1.165, 1.54) is 47.7 Å². The molecule has 1 aromatic rings. The highest BCUT2D eigenvalue weighted by atomic mass is 127. The van der Waals surface area contributed by atoms with Crippen LogP contribution >= 0.6 is 22.6 Å². The second-order valence-electron chi connectivity index (χ2n) is 5.37. The van der Waals surface area contributed by atoms with Crippen molar-refractivity contribution < 1.29 is 0 Å². The van der Waals surface area contributed by atoms with Crippen LogP contribution in [0.3, 0.4) is 0 Å². The number of halogens is 1. The lowest BCUT2D eigenvalue weighted by Crippen LogP contribution is -2.35. The van der Waals surface area contributed by atoms with Gasteiger partial charge >= 0.3 is 0 Å². The molecule has 0 aromatic heterocycles. The number of rotatable bonds is 6. The Morgan fingerprint density at radius 1 is 1.22 bits per heavy atom. The molecule has 0 heterocycles. The van der Waals surface area contributed by atoms with Gasteiger partial charge in [-0.3, -0.25) is 0 Å². The van der Waals surface area contributed by atoms with Crippen molar-refractivity contribution in [1.82, 2.24) is 5.32 Å². The molecular formula is C16H24IN. The van der Waals surface area contributed by atoms with Gasteiger partial charge in [-0.1, -0.05) is 31.9 Å². The molecule has 1 unspecified atom stereocenters. The van der Waals surface area contributed by atoms with Crippen LogP contribution in [-0.4, -0.2) is 12.6 Å². The molecule has 0 bridgehead atoms. The number of hydrogen-bond acceptors (Lipinski definition) is 1. The molecule has 1 aromatic carbocycles. The third-order valence-electron chi connectivity index (χ3n) is 4.09. The van der Waals surface area contributed by atoms with E-state index in [1.54, 1.807) is 0 Å². The summed E-state index contributed by atoms with van der Waals surface area (Å²) < 4.78 is 1.33. The summed E-state index contributed by atoms with van der Waals surface area (Å²) in [5.74, 6) is 0.925. The van der Waals surface area contributed by atoms with Crippen molar-refractivity contribution in [2.24, 2.45) is 5.92 Å². The van der Waals surface area contributed by atoms with E-state index in [1.807, 2.05) is 0 Å². The van der Waals surface area contributed by atoms with Crippen LogP contribution in [0.4, 0.5) is 0 Å². The quantitative estimate of drug-likeness (QED) is 0.745. The van der Waals surface area contributed by atoms with E-state index in [4.69, 9.17) is 0 Å².